The highest BCUT2D eigenvalue weighted by Gasteiger charge is 2.28. The van der Waals surface area contributed by atoms with Gasteiger partial charge in [-0.15, -0.1) is 0 Å². The van der Waals surface area contributed by atoms with E-state index in [1.165, 1.54) is 6.07 Å². The molecule has 0 saturated heterocycles. The first-order valence-corrected chi connectivity index (χ1v) is 6.59. The zero-order chi connectivity index (χ0) is 11.9. The number of carboxylic acids is 1. The molecule has 1 aromatic rings. The highest BCUT2D eigenvalue weighted by Crippen LogP contribution is 2.39. The Hall–Kier alpha value is -1.50. The quantitative estimate of drug-likeness (QED) is 0.773. The van der Waals surface area contributed by atoms with Crippen LogP contribution in [-0.4, -0.2) is 35.7 Å². The zero-order valence-electron chi connectivity index (χ0n) is 8.54. The van der Waals surface area contributed by atoms with Crippen molar-refractivity contribution in [3.63, 3.8) is 0 Å². The molecule has 0 spiro atoms. The van der Waals surface area contributed by atoms with Gasteiger partial charge in [-0.05, 0) is 18.9 Å². The van der Waals surface area contributed by atoms with Gasteiger partial charge in [0.2, 0.25) is 15.0 Å². The standard InChI is InChI=1S/C9H10N2O4S/c1-16(14,15)9-10-6(5-2-3-5)4-7(11-9)8(12)13/h4-5H,2-3H2,1H3,(H,12,13). The smallest absolute Gasteiger partial charge is 0.354 e. The lowest BCUT2D eigenvalue weighted by Crippen LogP contribution is -2.11. The maximum atomic E-state index is 11.3. The number of carbonyl (C=O) groups is 1. The lowest BCUT2D eigenvalue weighted by Gasteiger charge is -2.03. The molecule has 1 aromatic heterocycles. The minimum atomic E-state index is -3.57. The van der Waals surface area contributed by atoms with E-state index in [4.69, 9.17) is 5.11 Å². The minimum Gasteiger partial charge on any atom is -0.477 e. The SMILES string of the molecule is CS(=O)(=O)c1nc(C(=O)O)cc(C2CC2)n1. The van der Waals surface area contributed by atoms with Crippen molar-refractivity contribution >= 4 is 15.8 Å². The monoisotopic (exact) mass is 242 g/mol. The van der Waals surface area contributed by atoms with Gasteiger partial charge in [0.05, 0.1) is 0 Å². The van der Waals surface area contributed by atoms with Gasteiger partial charge in [-0.25, -0.2) is 23.2 Å². The third-order valence-electron chi connectivity index (χ3n) is 2.27. The summed E-state index contributed by atoms with van der Waals surface area (Å²) >= 11 is 0. The van der Waals surface area contributed by atoms with Crippen molar-refractivity contribution < 1.29 is 18.3 Å². The molecule has 0 amide bonds. The van der Waals surface area contributed by atoms with E-state index in [2.05, 4.69) is 9.97 Å². The molecule has 1 N–H and O–H groups in total. The Morgan fingerprint density at radius 2 is 2.06 bits per heavy atom. The molecule has 1 saturated carbocycles. The minimum absolute atomic E-state index is 0.182. The molecule has 86 valence electrons. The van der Waals surface area contributed by atoms with Crippen LogP contribution in [0.1, 0.15) is 34.9 Å². The van der Waals surface area contributed by atoms with Crippen LogP contribution in [0, 0.1) is 0 Å². The van der Waals surface area contributed by atoms with Crippen LogP contribution in [0.4, 0.5) is 0 Å². The van der Waals surface area contributed by atoms with Gasteiger partial charge in [-0.1, -0.05) is 0 Å². The first-order chi connectivity index (χ1) is 7.38. The Kier molecular flexibility index (Phi) is 2.42. The molecular weight excluding hydrogens is 232 g/mol. The van der Waals surface area contributed by atoms with Gasteiger partial charge < -0.3 is 5.11 Å². The van der Waals surface area contributed by atoms with E-state index < -0.39 is 21.0 Å². The van der Waals surface area contributed by atoms with Crippen LogP contribution in [0.2, 0.25) is 0 Å². The van der Waals surface area contributed by atoms with Gasteiger partial charge in [-0.3, -0.25) is 0 Å². The topological polar surface area (TPSA) is 97.2 Å². The predicted molar refractivity (Wildman–Crippen MR) is 54.1 cm³/mol. The van der Waals surface area contributed by atoms with E-state index in [1.54, 1.807) is 0 Å². The number of carboxylic acid groups (broad SMARTS) is 1. The van der Waals surface area contributed by atoms with Gasteiger partial charge in [0.25, 0.3) is 0 Å². The molecule has 0 radical (unpaired) electrons. The molecule has 0 atom stereocenters. The number of aromatic carboxylic acids is 1. The Balaban J connectivity index is 2.57. The molecule has 0 bridgehead atoms. The average Bonchev–Trinajstić information content (AvgIpc) is 2.98. The molecule has 2 rings (SSSR count). The molecule has 6 nitrogen and oxygen atoms in total. The van der Waals surface area contributed by atoms with Crippen molar-refractivity contribution in [3.05, 3.63) is 17.5 Å². The molecule has 1 aliphatic rings. The molecule has 1 fully saturated rings. The third-order valence-corrected chi connectivity index (χ3v) is 3.12. The first-order valence-electron chi connectivity index (χ1n) is 4.70. The molecule has 7 heteroatoms. The second-order valence-corrected chi connectivity index (χ2v) is 5.72. The molecule has 0 unspecified atom stereocenters. The summed E-state index contributed by atoms with van der Waals surface area (Å²) in [6, 6.07) is 1.34. The number of nitrogens with zero attached hydrogens (tertiary/aromatic N) is 2. The summed E-state index contributed by atoms with van der Waals surface area (Å²) in [6.45, 7) is 0. The molecular formula is C9H10N2O4S. The summed E-state index contributed by atoms with van der Waals surface area (Å²) in [5, 5.41) is 8.41. The van der Waals surface area contributed by atoms with Crippen LogP contribution in [0.15, 0.2) is 11.2 Å². The van der Waals surface area contributed by atoms with Crippen molar-refractivity contribution in [2.75, 3.05) is 6.26 Å². The second-order valence-electron chi connectivity index (χ2n) is 3.81. The van der Waals surface area contributed by atoms with Crippen LogP contribution in [-0.2, 0) is 9.84 Å². The van der Waals surface area contributed by atoms with Crippen molar-refractivity contribution in [1.82, 2.24) is 9.97 Å². The fraction of sp³-hybridized carbons (Fsp3) is 0.444. The van der Waals surface area contributed by atoms with E-state index in [1.807, 2.05) is 0 Å². The van der Waals surface area contributed by atoms with Gasteiger partial charge >= 0.3 is 5.97 Å². The summed E-state index contributed by atoms with van der Waals surface area (Å²) < 4.78 is 22.6. The zero-order valence-corrected chi connectivity index (χ0v) is 9.36. The largest absolute Gasteiger partial charge is 0.477 e. The van der Waals surface area contributed by atoms with Crippen LogP contribution in [0.3, 0.4) is 0 Å². The fourth-order valence-corrected chi connectivity index (χ4v) is 1.84. The molecule has 1 aliphatic carbocycles. The van der Waals surface area contributed by atoms with Crippen molar-refractivity contribution in [2.24, 2.45) is 0 Å². The highest BCUT2D eigenvalue weighted by molar-refractivity contribution is 7.90. The highest BCUT2D eigenvalue weighted by atomic mass is 32.2. The maximum absolute atomic E-state index is 11.3. The second kappa shape index (κ2) is 3.51. The number of hydrogen-bond acceptors (Lipinski definition) is 5. The molecule has 1 heterocycles. The van der Waals surface area contributed by atoms with Crippen molar-refractivity contribution in [3.8, 4) is 0 Å². The number of aromatic nitrogens is 2. The van der Waals surface area contributed by atoms with Gasteiger partial charge in [0, 0.05) is 17.9 Å². The predicted octanol–water partition coefficient (Wildman–Crippen LogP) is 0.456. The summed E-state index contributed by atoms with van der Waals surface area (Å²) in [5.41, 5.74) is 0.241. The summed E-state index contributed by atoms with van der Waals surface area (Å²) in [7, 11) is -3.57. The van der Waals surface area contributed by atoms with E-state index in [0.29, 0.717) is 5.69 Å². The van der Waals surface area contributed by atoms with Gasteiger partial charge in [0.1, 0.15) is 0 Å². The molecule has 16 heavy (non-hydrogen) atoms. The lowest BCUT2D eigenvalue weighted by atomic mass is 10.2. The molecule has 0 aromatic carbocycles. The van der Waals surface area contributed by atoms with E-state index in [0.717, 1.165) is 19.1 Å². The Labute approximate surface area is 92.3 Å². The van der Waals surface area contributed by atoms with Crippen LogP contribution < -0.4 is 0 Å². The summed E-state index contributed by atoms with van der Waals surface area (Å²) in [5.74, 6) is -1.06. The first kappa shape index (κ1) is 11.0. The summed E-state index contributed by atoms with van der Waals surface area (Å²) in [4.78, 5) is 18.2. The van der Waals surface area contributed by atoms with E-state index in [-0.39, 0.29) is 11.6 Å². The van der Waals surface area contributed by atoms with Crippen molar-refractivity contribution in [1.29, 1.82) is 0 Å². The Morgan fingerprint density at radius 1 is 1.44 bits per heavy atom. The van der Waals surface area contributed by atoms with Crippen LogP contribution in [0.5, 0.6) is 0 Å². The third kappa shape index (κ3) is 2.19. The fourth-order valence-electron chi connectivity index (χ4n) is 1.31. The van der Waals surface area contributed by atoms with E-state index >= 15 is 0 Å². The normalized spacial score (nSPS) is 16.1. The van der Waals surface area contributed by atoms with Crippen LogP contribution >= 0.6 is 0 Å². The summed E-state index contributed by atoms with van der Waals surface area (Å²) in [6.07, 6.45) is 2.79. The maximum Gasteiger partial charge on any atom is 0.354 e. The van der Waals surface area contributed by atoms with Crippen molar-refractivity contribution in [2.45, 2.75) is 23.9 Å². The van der Waals surface area contributed by atoms with E-state index in [9.17, 15) is 13.2 Å². The number of hydrogen-bond donors (Lipinski definition) is 1. The average molecular weight is 242 g/mol. The number of sulfone groups is 1. The van der Waals surface area contributed by atoms with Gasteiger partial charge in [0.15, 0.2) is 5.69 Å². The number of rotatable bonds is 3. The Morgan fingerprint density at radius 3 is 2.50 bits per heavy atom. The lowest BCUT2D eigenvalue weighted by molar-refractivity contribution is 0.0689. The molecule has 0 aliphatic heterocycles. The van der Waals surface area contributed by atoms with Crippen LogP contribution in [0.25, 0.3) is 0 Å². The van der Waals surface area contributed by atoms with Gasteiger partial charge in [-0.2, -0.15) is 0 Å². The Bertz CT molecular complexity index is 549.